The van der Waals surface area contributed by atoms with Crippen LogP contribution < -0.4 is 5.32 Å². The summed E-state index contributed by atoms with van der Waals surface area (Å²) in [5, 5.41) is 33.4. The Labute approximate surface area is 431 Å². The summed E-state index contributed by atoms with van der Waals surface area (Å²) in [6.07, 6.45) is 79.3. The predicted molar refractivity (Wildman–Crippen MR) is 305 cm³/mol. The number of hydrogen-bond donors (Lipinski definition) is 4. The van der Waals surface area contributed by atoms with E-state index < -0.39 is 24.2 Å². The molecule has 0 radical (unpaired) electrons. The third kappa shape index (κ3) is 53.9. The molecule has 0 fully saturated rings. The minimum atomic E-state index is -1.11. The molecule has 0 aliphatic rings. The fourth-order valence-electron chi connectivity index (χ4n) is 9.59. The number of carbonyl (C=O) groups is 1. The summed E-state index contributed by atoms with van der Waals surface area (Å²) in [7, 11) is 0. The second-order valence-corrected chi connectivity index (χ2v) is 21.3. The van der Waals surface area contributed by atoms with E-state index in [-0.39, 0.29) is 6.61 Å². The number of aliphatic hydroxyl groups is 3. The first-order chi connectivity index (χ1) is 34.1. The van der Waals surface area contributed by atoms with Crippen molar-refractivity contribution in [3.63, 3.8) is 0 Å². The van der Waals surface area contributed by atoms with Gasteiger partial charge in [-0.3, -0.25) is 4.79 Å². The van der Waals surface area contributed by atoms with Crippen LogP contribution in [-0.2, 0) is 4.79 Å². The SMILES string of the molecule is CCCCCCCCCCC/C=C\C/C=C\CCCCCCCCCCCCCCCCCCC(O)C(=O)NC(CO)C(O)/C=C/CC/C=C/CCCCCCCCCCCCCCCCCCC. The average Bonchev–Trinajstić information content (AvgIpc) is 3.35. The van der Waals surface area contributed by atoms with Gasteiger partial charge in [-0.15, -0.1) is 0 Å². The highest BCUT2D eigenvalue weighted by molar-refractivity contribution is 5.80. The molecule has 0 saturated heterocycles. The zero-order valence-electron chi connectivity index (χ0n) is 46.5. The van der Waals surface area contributed by atoms with Crippen molar-refractivity contribution in [2.45, 2.75) is 347 Å². The van der Waals surface area contributed by atoms with Gasteiger partial charge in [-0.25, -0.2) is 0 Å². The molecule has 406 valence electrons. The number of aliphatic hydroxyl groups excluding tert-OH is 3. The zero-order valence-corrected chi connectivity index (χ0v) is 46.5. The number of carbonyl (C=O) groups excluding carboxylic acids is 1. The minimum Gasteiger partial charge on any atom is -0.394 e. The Morgan fingerprint density at radius 3 is 0.971 bits per heavy atom. The summed E-state index contributed by atoms with van der Waals surface area (Å²) in [4.78, 5) is 12.6. The second kappa shape index (κ2) is 58.9. The fourth-order valence-corrected chi connectivity index (χ4v) is 9.59. The molecule has 0 spiro atoms. The Kier molecular flexibility index (Phi) is 57.4. The van der Waals surface area contributed by atoms with Gasteiger partial charge in [-0.1, -0.05) is 313 Å². The maximum absolute atomic E-state index is 12.6. The third-order valence-corrected chi connectivity index (χ3v) is 14.4. The lowest BCUT2D eigenvalue weighted by molar-refractivity contribution is -0.131. The van der Waals surface area contributed by atoms with Gasteiger partial charge in [-0.2, -0.15) is 0 Å². The smallest absolute Gasteiger partial charge is 0.249 e. The lowest BCUT2D eigenvalue weighted by atomic mass is 10.0. The Hall–Kier alpha value is -1.69. The zero-order chi connectivity index (χ0) is 50.0. The molecule has 1 amide bonds. The molecule has 0 aromatic heterocycles. The van der Waals surface area contributed by atoms with Crippen LogP contribution in [0.5, 0.6) is 0 Å². The molecule has 5 nitrogen and oxygen atoms in total. The lowest BCUT2D eigenvalue weighted by Crippen LogP contribution is -2.48. The molecule has 0 aromatic carbocycles. The Balaban J connectivity index is 3.57. The van der Waals surface area contributed by atoms with Crippen molar-refractivity contribution >= 4 is 5.91 Å². The molecule has 0 aliphatic carbocycles. The summed E-state index contributed by atoms with van der Waals surface area (Å²) >= 11 is 0. The fraction of sp³-hybridized carbons (Fsp3) is 0.859. The minimum absolute atomic E-state index is 0.375. The van der Waals surface area contributed by atoms with Crippen molar-refractivity contribution in [3.8, 4) is 0 Å². The highest BCUT2D eigenvalue weighted by atomic mass is 16.3. The number of unbranched alkanes of at least 4 members (excludes halogenated alkanes) is 43. The van der Waals surface area contributed by atoms with Gasteiger partial charge in [0.2, 0.25) is 5.91 Å². The van der Waals surface area contributed by atoms with Crippen LogP contribution in [0.4, 0.5) is 0 Å². The van der Waals surface area contributed by atoms with Crippen molar-refractivity contribution in [2.24, 2.45) is 0 Å². The molecule has 0 rings (SSSR count). The van der Waals surface area contributed by atoms with E-state index in [0.29, 0.717) is 6.42 Å². The molecular weight excluding hydrogens is 847 g/mol. The second-order valence-electron chi connectivity index (χ2n) is 21.3. The number of nitrogens with one attached hydrogen (secondary N) is 1. The standard InChI is InChI=1S/C64H121NO4/c1-3-5-7-9-11-13-15-17-19-21-23-25-27-28-29-30-31-32-33-34-35-37-39-41-43-45-47-49-51-53-55-57-59-63(68)64(69)65-61(60-66)62(67)58-56-54-52-50-48-46-44-42-40-38-36-26-24-22-20-18-16-14-12-10-8-6-4-2/h23,25,28-29,48,50,56,58,61-63,66-68H,3-22,24,26-27,30-47,49,51-55,57,59-60H2,1-2H3,(H,65,69)/b25-23-,29-28-,50-48+,58-56+. The van der Waals surface area contributed by atoms with Gasteiger partial charge in [-0.05, 0) is 64.2 Å². The normalized spacial score (nSPS) is 13.5. The summed E-state index contributed by atoms with van der Waals surface area (Å²) in [6, 6.07) is -0.816. The van der Waals surface area contributed by atoms with E-state index in [0.717, 1.165) is 44.9 Å². The first-order valence-corrected chi connectivity index (χ1v) is 31.0. The van der Waals surface area contributed by atoms with Crippen molar-refractivity contribution in [3.05, 3.63) is 48.6 Å². The molecule has 0 aliphatic heterocycles. The molecule has 5 heteroatoms. The molecule has 0 aromatic rings. The van der Waals surface area contributed by atoms with Crippen LogP contribution in [0, 0.1) is 0 Å². The van der Waals surface area contributed by atoms with Gasteiger partial charge < -0.3 is 20.6 Å². The number of hydrogen-bond acceptors (Lipinski definition) is 4. The Bertz CT molecular complexity index is 1110. The quantitative estimate of drug-likeness (QED) is 0.0361. The van der Waals surface area contributed by atoms with Gasteiger partial charge in [0, 0.05) is 0 Å². The van der Waals surface area contributed by atoms with Gasteiger partial charge in [0.05, 0.1) is 18.8 Å². The van der Waals surface area contributed by atoms with E-state index in [9.17, 15) is 20.1 Å². The molecule has 69 heavy (non-hydrogen) atoms. The van der Waals surface area contributed by atoms with E-state index in [2.05, 4.69) is 55.6 Å². The van der Waals surface area contributed by atoms with E-state index in [1.165, 1.54) is 263 Å². The van der Waals surface area contributed by atoms with Crippen LogP contribution in [0.2, 0.25) is 0 Å². The van der Waals surface area contributed by atoms with Gasteiger partial charge >= 0.3 is 0 Å². The van der Waals surface area contributed by atoms with Crippen LogP contribution >= 0.6 is 0 Å². The summed E-state index contributed by atoms with van der Waals surface area (Å²) in [5.74, 6) is -0.509. The first kappa shape index (κ1) is 67.3. The van der Waals surface area contributed by atoms with Crippen LogP contribution in [0.1, 0.15) is 328 Å². The summed E-state index contributed by atoms with van der Waals surface area (Å²) in [6.45, 7) is 4.21. The maximum atomic E-state index is 12.6. The molecular formula is C64H121NO4. The van der Waals surface area contributed by atoms with E-state index in [4.69, 9.17) is 0 Å². The van der Waals surface area contributed by atoms with E-state index in [1.54, 1.807) is 6.08 Å². The van der Waals surface area contributed by atoms with Gasteiger partial charge in [0.15, 0.2) is 0 Å². The van der Waals surface area contributed by atoms with Crippen molar-refractivity contribution in [2.75, 3.05) is 6.61 Å². The number of rotatable bonds is 57. The van der Waals surface area contributed by atoms with Crippen LogP contribution in [0.25, 0.3) is 0 Å². The molecule has 3 unspecified atom stereocenters. The predicted octanol–water partition coefficient (Wildman–Crippen LogP) is 19.6. The average molecular weight is 969 g/mol. The van der Waals surface area contributed by atoms with Crippen LogP contribution in [0.3, 0.4) is 0 Å². The summed E-state index contributed by atoms with van der Waals surface area (Å²) < 4.78 is 0. The molecule has 0 saturated carbocycles. The molecule has 0 bridgehead atoms. The number of allylic oxidation sites excluding steroid dienone is 7. The Morgan fingerprint density at radius 2 is 0.638 bits per heavy atom. The highest BCUT2D eigenvalue weighted by Crippen LogP contribution is 2.17. The van der Waals surface area contributed by atoms with Crippen molar-refractivity contribution in [1.29, 1.82) is 0 Å². The van der Waals surface area contributed by atoms with Crippen LogP contribution in [0.15, 0.2) is 48.6 Å². The summed E-state index contributed by atoms with van der Waals surface area (Å²) in [5.41, 5.74) is 0. The molecule has 0 heterocycles. The highest BCUT2D eigenvalue weighted by Gasteiger charge is 2.22. The first-order valence-electron chi connectivity index (χ1n) is 31.0. The maximum Gasteiger partial charge on any atom is 0.249 e. The van der Waals surface area contributed by atoms with Crippen molar-refractivity contribution < 1.29 is 20.1 Å². The van der Waals surface area contributed by atoms with Gasteiger partial charge in [0.1, 0.15) is 6.10 Å². The molecule has 4 N–H and O–H groups in total. The Morgan fingerprint density at radius 1 is 0.362 bits per heavy atom. The third-order valence-electron chi connectivity index (χ3n) is 14.4. The van der Waals surface area contributed by atoms with E-state index >= 15 is 0 Å². The largest absolute Gasteiger partial charge is 0.394 e. The van der Waals surface area contributed by atoms with Gasteiger partial charge in [0.25, 0.3) is 0 Å². The molecule has 3 atom stereocenters. The monoisotopic (exact) mass is 968 g/mol. The van der Waals surface area contributed by atoms with Crippen LogP contribution in [-0.4, -0.2) is 46.1 Å². The lowest BCUT2D eigenvalue weighted by Gasteiger charge is -2.21. The number of amides is 1. The van der Waals surface area contributed by atoms with E-state index in [1.807, 2.05) is 6.08 Å². The topological polar surface area (TPSA) is 89.8 Å². The van der Waals surface area contributed by atoms with Crippen molar-refractivity contribution in [1.82, 2.24) is 5.32 Å².